The first kappa shape index (κ1) is 23.8. The molecule has 0 atom stereocenters. The molecule has 3 heterocycles. The highest BCUT2D eigenvalue weighted by atomic mass is 19.1. The third-order valence-corrected chi connectivity index (χ3v) is 6.64. The predicted molar refractivity (Wildman–Crippen MR) is 131 cm³/mol. The molecule has 1 saturated heterocycles. The minimum atomic E-state index is -0.421. The van der Waals surface area contributed by atoms with E-state index in [9.17, 15) is 18.4 Å². The summed E-state index contributed by atoms with van der Waals surface area (Å²) in [5, 5.41) is 7.32. The Morgan fingerprint density at radius 1 is 1.08 bits per heavy atom. The zero-order valence-corrected chi connectivity index (χ0v) is 19.8. The van der Waals surface area contributed by atoms with Gasteiger partial charge in [-0.1, -0.05) is 18.2 Å². The summed E-state index contributed by atoms with van der Waals surface area (Å²) in [7, 11) is 1.56. The van der Waals surface area contributed by atoms with Gasteiger partial charge in [-0.25, -0.2) is 18.4 Å². The van der Waals surface area contributed by atoms with Crippen molar-refractivity contribution in [2.75, 3.05) is 19.6 Å². The summed E-state index contributed by atoms with van der Waals surface area (Å²) < 4.78 is 30.0. The molecule has 186 valence electrons. The summed E-state index contributed by atoms with van der Waals surface area (Å²) in [6.45, 7) is 2.66. The van der Waals surface area contributed by atoms with E-state index in [1.165, 1.54) is 45.9 Å². The monoisotopic (exact) mass is 492 g/mol. The van der Waals surface area contributed by atoms with E-state index in [0.29, 0.717) is 24.3 Å². The zero-order chi connectivity index (χ0) is 25.2. The smallest absolute Gasteiger partial charge is 0.279 e. The molecule has 1 amide bonds. The van der Waals surface area contributed by atoms with Gasteiger partial charge in [-0.3, -0.25) is 14.5 Å². The fourth-order valence-electron chi connectivity index (χ4n) is 4.55. The van der Waals surface area contributed by atoms with Crippen LogP contribution in [-0.2, 0) is 13.6 Å². The molecule has 1 aliphatic rings. The highest BCUT2D eigenvalue weighted by Crippen LogP contribution is 2.21. The first-order chi connectivity index (χ1) is 17.4. The molecule has 0 saturated carbocycles. The van der Waals surface area contributed by atoms with E-state index in [2.05, 4.69) is 20.3 Å². The summed E-state index contributed by atoms with van der Waals surface area (Å²) in [6, 6.07) is 12.3. The molecule has 1 N–H and O–H groups in total. The van der Waals surface area contributed by atoms with E-state index in [4.69, 9.17) is 0 Å². The van der Waals surface area contributed by atoms with E-state index in [0.717, 1.165) is 25.9 Å². The number of hydrogen-bond donors (Lipinski definition) is 1. The fourth-order valence-corrected chi connectivity index (χ4v) is 4.55. The Bertz CT molecular complexity index is 1460. The Labute approximate surface area is 206 Å². The molecular formula is C26H26F2N6O2. The second kappa shape index (κ2) is 9.98. The second-order valence-electron chi connectivity index (χ2n) is 9.12. The first-order valence-electron chi connectivity index (χ1n) is 11.8. The van der Waals surface area contributed by atoms with Crippen LogP contribution in [0.4, 0.5) is 8.78 Å². The van der Waals surface area contributed by atoms with Gasteiger partial charge in [0, 0.05) is 25.7 Å². The highest BCUT2D eigenvalue weighted by Gasteiger charge is 2.25. The molecule has 8 nitrogen and oxygen atoms in total. The largest absolute Gasteiger partial charge is 0.350 e. The number of aromatic nitrogens is 4. The summed E-state index contributed by atoms with van der Waals surface area (Å²) in [6.07, 6.45) is 3.10. The van der Waals surface area contributed by atoms with E-state index in [-0.39, 0.29) is 34.0 Å². The van der Waals surface area contributed by atoms with Gasteiger partial charge in [0.05, 0.1) is 12.0 Å². The summed E-state index contributed by atoms with van der Waals surface area (Å²) in [5.74, 6) is -0.755. The molecule has 4 aromatic rings. The topological polar surface area (TPSA) is 85.1 Å². The normalized spacial score (nSPS) is 14.9. The van der Waals surface area contributed by atoms with Crippen molar-refractivity contribution in [2.45, 2.75) is 19.4 Å². The fraction of sp³-hybridized carbons (Fsp3) is 0.308. The average Bonchev–Trinajstić information content (AvgIpc) is 3.28. The lowest BCUT2D eigenvalue weighted by Crippen LogP contribution is -2.38. The van der Waals surface area contributed by atoms with Crippen molar-refractivity contribution in [3.63, 3.8) is 0 Å². The zero-order valence-electron chi connectivity index (χ0n) is 19.8. The Morgan fingerprint density at radius 2 is 1.81 bits per heavy atom. The first-order valence-corrected chi connectivity index (χ1v) is 11.8. The molecule has 10 heteroatoms. The molecule has 0 unspecified atom stereocenters. The lowest BCUT2D eigenvalue weighted by atomic mass is 9.96. The van der Waals surface area contributed by atoms with Crippen LogP contribution in [0.1, 0.15) is 28.9 Å². The maximum absolute atomic E-state index is 14.0. The molecule has 0 spiro atoms. The minimum absolute atomic E-state index is 0.0454. The number of hydrogen-bond acceptors (Lipinski definition) is 5. The Hall–Kier alpha value is -3.92. The van der Waals surface area contributed by atoms with Crippen LogP contribution in [0.3, 0.4) is 0 Å². The van der Waals surface area contributed by atoms with Crippen LogP contribution in [0.25, 0.3) is 16.7 Å². The van der Waals surface area contributed by atoms with Crippen LogP contribution in [0, 0.1) is 17.6 Å². The van der Waals surface area contributed by atoms with Gasteiger partial charge in [0.2, 0.25) is 0 Å². The molecular weight excluding hydrogens is 466 g/mol. The van der Waals surface area contributed by atoms with E-state index in [1.807, 2.05) is 6.07 Å². The Kier molecular flexibility index (Phi) is 6.60. The summed E-state index contributed by atoms with van der Waals surface area (Å²) in [4.78, 5) is 32.4. The van der Waals surface area contributed by atoms with Crippen LogP contribution in [0.2, 0.25) is 0 Å². The summed E-state index contributed by atoms with van der Waals surface area (Å²) in [5.41, 5.74) is 1.17. The lowest BCUT2D eigenvalue weighted by Gasteiger charge is -2.32. The number of rotatable bonds is 6. The number of fused-ring (bicyclic) bond motifs is 1. The van der Waals surface area contributed by atoms with Gasteiger partial charge in [-0.2, -0.15) is 5.10 Å². The van der Waals surface area contributed by atoms with Gasteiger partial charge in [0.25, 0.3) is 11.5 Å². The average molecular weight is 493 g/mol. The van der Waals surface area contributed by atoms with Crippen molar-refractivity contribution in [1.29, 1.82) is 0 Å². The molecule has 0 aliphatic carbocycles. The molecule has 36 heavy (non-hydrogen) atoms. The summed E-state index contributed by atoms with van der Waals surface area (Å²) >= 11 is 0. The lowest BCUT2D eigenvalue weighted by molar-refractivity contribution is 0.0931. The molecule has 2 aromatic carbocycles. The number of nitrogens with zero attached hydrogens (tertiary/aromatic N) is 5. The predicted octanol–water partition coefficient (Wildman–Crippen LogP) is 3.04. The van der Waals surface area contributed by atoms with Gasteiger partial charge in [-0.15, -0.1) is 0 Å². The second-order valence-corrected chi connectivity index (χ2v) is 9.12. The number of likely N-dealkylation sites (tertiary alicyclic amines) is 1. The number of amides is 1. The van der Waals surface area contributed by atoms with Crippen molar-refractivity contribution < 1.29 is 13.6 Å². The van der Waals surface area contributed by atoms with Crippen LogP contribution in [0.15, 0.2) is 59.7 Å². The van der Waals surface area contributed by atoms with Gasteiger partial charge >= 0.3 is 0 Å². The van der Waals surface area contributed by atoms with Gasteiger partial charge in [0.1, 0.15) is 17.2 Å². The van der Waals surface area contributed by atoms with Crippen molar-refractivity contribution in [3.05, 3.63) is 88.1 Å². The van der Waals surface area contributed by atoms with Crippen LogP contribution in [0.5, 0.6) is 0 Å². The highest BCUT2D eigenvalue weighted by molar-refractivity contribution is 6.03. The molecule has 0 bridgehead atoms. The maximum Gasteiger partial charge on any atom is 0.279 e. The maximum atomic E-state index is 14.0. The van der Waals surface area contributed by atoms with E-state index >= 15 is 0 Å². The molecule has 1 aliphatic heterocycles. The Balaban J connectivity index is 1.28. The number of piperidine rings is 1. The van der Waals surface area contributed by atoms with Gasteiger partial charge < -0.3 is 9.88 Å². The van der Waals surface area contributed by atoms with Crippen LogP contribution < -0.4 is 10.9 Å². The third kappa shape index (κ3) is 4.76. The van der Waals surface area contributed by atoms with Crippen molar-refractivity contribution in [3.8, 4) is 5.69 Å². The number of benzene rings is 2. The van der Waals surface area contributed by atoms with Gasteiger partial charge in [-0.05, 0) is 62.2 Å². The molecule has 0 radical (unpaired) electrons. The van der Waals surface area contributed by atoms with Crippen molar-refractivity contribution in [2.24, 2.45) is 13.0 Å². The van der Waals surface area contributed by atoms with E-state index in [1.54, 1.807) is 19.2 Å². The number of nitrogens with one attached hydrogen (secondary N) is 1. The van der Waals surface area contributed by atoms with Gasteiger partial charge in [0.15, 0.2) is 11.2 Å². The van der Waals surface area contributed by atoms with Crippen LogP contribution >= 0.6 is 0 Å². The van der Waals surface area contributed by atoms with Crippen molar-refractivity contribution >= 4 is 16.9 Å². The van der Waals surface area contributed by atoms with Crippen molar-refractivity contribution in [1.82, 2.24) is 29.5 Å². The number of carbonyl (C=O) groups is 1. The minimum Gasteiger partial charge on any atom is -0.350 e. The number of halogens is 2. The van der Waals surface area contributed by atoms with Crippen LogP contribution in [-0.4, -0.2) is 49.8 Å². The third-order valence-electron chi connectivity index (χ3n) is 6.64. The SMILES string of the molecule is Cn1cnc2c(C(=O)NCC3CCN(Cc4ccccc4F)CC3)nn(-c3ccc(F)cc3)c2c1=O. The molecule has 5 rings (SSSR count). The quantitative estimate of drug-likeness (QED) is 0.447. The molecule has 1 fully saturated rings. The molecule has 2 aromatic heterocycles. The Morgan fingerprint density at radius 3 is 2.53 bits per heavy atom. The standard InChI is InChI=1S/C26H26F2N6O2/c1-32-16-30-22-23(31-34(24(22)26(32)36)20-8-6-19(27)7-9-20)25(35)29-14-17-10-12-33(13-11-17)15-18-4-2-3-5-21(18)28/h2-9,16-17H,10-15H2,1H3,(H,29,35). The number of aryl methyl sites for hydroxylation is 1. The van der Waals surface area contributed by atoms with E-state index < -0.39 is 11.7 Å². The number of carbonyl (C=O) groups excluding carboxylic acids is 1.